The molecule has 19 heavy (non-hydrogen) atoms. The van der Waals surface area contributed by atoms with Gasteiger partial charge in [-0.3, -0.25) is 4.79 Å². The van der Waals surface area contributed by atoms with Crippen LogP contribution >= 0.6 is 0 Å². The summed E-state index contributed by atoms with van der Waals surface area (Å²) in [5.41, 5.74) is 1.69. The molecule has 0 spiro atoms. The Morgan fingerprint density at radius 2 is 1.89 bits per heavy atom. The first-order valence-electron chi connectivity index (χ1n) is 6.72. The lowest BCUT2D eigenvalue weighted by molar-refractivity contribution is 0.0866. The number of hydrogen-bond donors (Lipinski definition) is 2. The smallest absolute Gasteiger partial charge is 0.251 e. The van der Waals surface area contributed by atoms with Crippen molar-refractivity contribution in [1.29, 1.82) is 0 Å². The third kappa shape index (κ3) is 4.91. The molecule has 1 aromatic carbocycles. The van der Waals surface area contributed by atoms with Gasteiger partial charge in [-0.25, -0.2) is 0 Å². The molecule has 1 aromatic rings. The Morgan fingerprint density at radius 1 is 1.26 bits per heavy atom. The summed E-state index contributed by atoms with van der Waals surface area (Å²) >= 11 is 0. The minimum absolute atomic E-state index is 0.0333. The number of carbonyl (C=O) groups is 1. The largest absolute Gasteiger partial charge is 0.385 e. The first-order chi connectivity index (χ1) is 9.08. The highest BCUT2D eigenvalue weighted by molar-refractivity contribution is 5.94. The summed E-state index contributed by atoms with van der Waals surface area (Å²) in [6, 6.07) is 7.53. The lowest BCUT2D eigenvalue weighted by atomic mass is 10.0. The molecule has 0 saturated heterocycles. The van der Waals surface area contributed by atoms with E-state index in [0.29, 0.717) is 18.1 Å². The van der Waals surface area contributed by atoms with Crippen molar-refractivity contribution in [1.82, 2.24) is 5.32 Å². The van der Waals surface area contributed by atoms with Gasteiger partial charge in [0, 0.05) is 24.9 Å². The zero-order chi connectivity index (χ0) is 14.3. The van der Waals surface area contributed by atoms with Gasteiger partial charge in [0.25, 0.3) is 5.91 Å². The molecule has 0 saturated carbocycles. The first-order valence-corrected chi connectivity index (χ1v) is 6.72. The molecule has 1 atom stereocenters. The van der Waals surface area contributed by atoms with E-state index in [9.17, 15) is 4.79 Å². The Bertz CT molecular complexity index is 388. The normalized spacial score (nSPS) is 12.3. The van der Waals surface area contributed by atoms with Crippen LogP contribution in [0.25, 0.3) is 0 Å². The summed E-state index contributed by atoms with van der Waals surface area (Å²) in [4.78, 5) is 12.1. The van der Waals surface area contributed by atoms with Crippen molar-refractivity contribution in [3.05, 3.63) is 29.8 Å². The van der Waals surface area contributed by atoms with Crippen LogP contribution in [0.2, 0.25) is 0 Å². The second-order valence-corrected chi connectivity index (χ2v) is 4.89. The van der Waals surface area contributed by atoms with Crippen molar-refractivity contribution in [2.24, 2.45) is 5.92 Å². The maximum atomic E-state index is 12.1. The molecule has 0 aromatic heterocycles. The number of carbonyl (C=O) groups excluding carboxylic acids is 1. The number of nitrogens with one attached hydrogen (secondary N) is 2. The molecule has 106 valence electrons. The van der Waals surface area contributed by atoms with Gasteiger partial charge >= 0.3 is 0 Å². The second-order valence-electron chi connectivity index (χ2n) is 4.89. The van der Waals surface area contributed by atoms with Crippen LogP contribution in [-0.2, 0) is 4.74 Å². The number of ether oxygens (including phenoxy) is 1. The minimum atomic E-state index is -0.0567. The molecule has 0 heterocycles. The Morgan fingerprint density at radius 3 is 2.37 bits per heavy atom. The van der Waals surface area contributed by atoms with Gasteiger partial charge in [0.05, 0.1) is 12.6 Å². The Hall–Kier alpha value is -1.55. The molecule has 0 fully saturated rings. The minimum Gasteiger partial charge on any atom is -0.385 e. The summed E-state index contributed by atoms with van der Waals surface area (Å²) in [6.45, 7) is 7.57. The van der Waals surface area contributed by atoms with E-state index in [1.54, 1.807) is 7.11 Å². The molecule has 0 aliphatic carbocycles. The number of rotatable bonds is 7. The molecule has 0 bridgehead atoms. The summed E-state index contributed by atoms with van der Waals surface area (Å²) in [5, 5.41) is 6.20. The molecule has 1 unspecified atom stereocenters. The highest BCUT2D eigenvalue weighted by Gasteiger charge is 2.16. The molecule has 0 aliphatic heterocycles. The maximum absolute atomic E-state index is 12.1. The Balaban J connectivity index is 2.66. The fraction of sp³-hybridized carbons (Fsp3) is 0.533. The lowest BCUT2D eigenvalue weighted by Crippen LogP contribution is -2.41. The number of benzene rings is 1. The van der Waals surface area contributed by atoms with E-state index in [2.05, 4.69) is 24.5 Å². The average molecular weight is 264 g/mol. The van der Waals surface area contributed by atoms with E-state index in [4.69, 9.17) is 4.74 Å². The van der Waals surface area contributed by atoms with Crippen molar-refractivity contribution in [3.63, 3.8) is 0 Å². The van der Waals surface area contributed by atoms with Gasteiger partial charge in [-0.2, -0.15) is 0 Å². The highest BCUT2D eigenvalue weighted by Crippen LogP contribution is 2.10. The van der Waals surface area contributed by atoms with Crippen molar-refractivity contribution in [3.8, 4) is 0 Å². The SMILES string of the molecule is CCNc1ccc(C(=O)NC(COC)C(C)C)cc1. The molecule has 4 nitrogen and oxygen atoms in total. The number of amides is 1. The van der Waals surface area contributed by atoms with Crippen LogP contribution in [0.15, 0.2) is 24.3 Å². The van der Waals surface area contributed by atoms with Crippen LogP contribution < -0.4 is 10.6 Å². The molecular formula is C15H24N2O2. The standard InChI is InChI=1S/C15H24N2O2/c1-5-16-13-8-6-12(7-9-13)15(18)17-14(10-19-4)11(2)3/h6-9,11,14,16H,5,10H2,1-4H3,(H,17,18). The number of hydrogen-bond acceptors (Lipinski definition) is 3. The van der Waals surface area contributed by atoms with E-state index in [1.165, 1.54) is 0 Å². The molecule has 1 amide bonds. The van der Waals surface area contributed by atoms with E-state index < -0.39 is 0 Å². The quantitative estimate of drug-likeness (QED) is 0.795. The third-order valence-corrected chi connectivity index (χ3v) is 3.00. The van der Waals surface area contributed by atoms with E-state index in [1.807, 2.05) is 31.2 Å². The van der Waals surface area contributed by atoms with E-state index in [-0.39, 0.29) is 11.9 Å². The van der Waals surface area contributed by atoms with Gasteiger partial charge in [-0.1, -0.05) is 13.8 Å². The molecule has 4 heteroatoms. The fourth-order valence-corrected chi connectivity index (χ4v) is 1.78. The zero-order valence-corrected chi connectivity index (χ0v) is 12.2. The van der Waals surface area contributed by atoms with Crippen molar-refractivity contribution >= 4 is 11.6 Å². The van der Waals surface area contributed by atoms with Gasteiger partial charge in [0.1, 0.15) is 0 Å². The lowest BCUT2D eigenvalue weighted by Gasteiger charge is -2.21. The summed E-state index contributed by atoms with van der Waals surface area (Å²) in [7, 11) is 1.65. The third-order valence-electron chi connectivity index (χ3n) is 3.00. The molecular weight excluding hydrogens is 240 g/mol. The van der Waals surface area contributed by atoms with Crippen molar-refractivity contribution < 1.29 is 9.53 Å². The second kappa shape index (κ2) is 7.79. The van der Waals surface area contributed by atoms with E-state index >= 15 is 0 Å². The average Bonchev–Trinajstić information content (AvgIpc) is 2.39. The van der Waals surface area contributed by atoms with Crippen LogP contribution in [0.3, 0.4) is 0 Å². The molecule has 2 N–H and O–H groups in total. The highest BCUT2D eigenvalue weighted by atomic mass is 16.5. The predicted octanol–water partition coefficient (Wildman–Crippen LogP) is 2.52. The van der Waals surface area contributed by atoms with Crippen LogP contribution in [0.4, 0.5) is 5.69 Å². The topological polar surface area (TPSA) is 50.4 Å². The number of methoxy groups -OCH3 is 1. The van der Waals surface area contributed by atoms with Gasteiger partial charge < -0.3 is 15.4 Å². The fourth-order valence-electron chi connectivity index (χ4n) is 1.78. The van der Waals surface area contributed by atoms with Crippen LogP contribution in [0.5, 0.6) is 0 Å². The van der Waals surface area contributed by atoms with Crippen molar-refractivity contribution in [2.45, 2.75) is 26.8 Å². The van der Waals surface area contributed by atoms with Gasteiger partial charge in [0.15, 0.2) is 0 Å². The van der Waals surface area contributed by atoms with Gasteiger partial charge in [0.2, 0.25) is 0 Å². The molecule has 0 radical (unpaired) electrons. The van der Waals surface area contributed by atoms with Crippen LogP contribution in [0.1, 0.15) is 31.1 Å². The molecule has 0 aliphatic rings. The monoisotopic (exact) mass is 264 g/mol. The zero-order valence-electron chi connectivity index (χ0n) is 12.2. The molecule has 1 rings (SSSR count). The number of anilines is 1. The van der Waals surface area contributed by atoms with Gasteiger partial charge in [-0.05, 0) is 37.1 Å². The Labute approximate surface area is 115 Å². The van der Waals surface area contributed by atoms with Crippen LogP contribution in [-0.4, -0.2) is 32.2 Å². The van der Waals surface area contributed by atoms with E-state index in [0.717, 1.165) is 12.2 Å². The van der Waals surface area contributed by atoms with Crippen molar-refractivity contribution in [2.75, 3.05) is 25.6 Å². The van der Waals surface area contributed by atoms with Gasteiger partial charge in [-0.15, -0.1) is 0 Å². The summed E-state index contributed by atoms with van der Waals surface area (Å²) < 4.78 is 5.13. The maximum Gasteiger partial charge on any atom is 0.251 e. The first kappa shape index (κ1) is 15.5. The summed E-state index contributed by atoms with van der Waals surface area (Å²) in [5.74, 6) is 0.281. The summed E-state index contributed by atoms with van der Waals surface area (Å²) in [6.07, 6.45) is 0. The Kier molecular flexibility index (Phi) is 6.36. The van der Waals surface area contributed by atoms with Crippen LogP contribution in [0, 0.1) is 5.92 Å². The predicted molar refractivity (Wildman–Crippen MR) is 78.6 cm³/mol.